The number of nitrogens with zero attached hydrogens (tertiary/aromatic N) is 6. The van der Waals surface area contributed by atoms with E-state index in [0.717, 1.165) is 18.9 Å². The van der Waals surface area contributed by atoms with Crippen molar-refractivity contribution in [2.24, 2.45) is 0 Å². The molecular formula is C13H14N6O. The van der Waals surface area contributed by atoms with E-state index in [4.69, 9.17) is 0 Å². The summed E-state index contributed by atoms with van der Waals surface area (Å²) in [7, 11) is 0. The van der Waals surface area contributed by atoms with Gasteiger partial charge in [0.15, 0.2) is 5.82 Å². The standard InChI is InChI=1S/C13H14N6O/c20-13(11-10-14-4-5-15-11)19-8-6-18(7-9-19)12-2-1-3-16-17-12/h1-5,10H,6-9H2. The van der Waals surface area contributed by atoms with E-state index in [1.807, 2.05) is 12.1 Å². The van der Waals surface area contributed by atoms with Crippen molar-refractivity contribution in [3.05, 3.63) is 42.6 Å². The fourth-order valence-electron chi connectivity index (χ4n) is 2.17. The molecule has 0 radical (unpaired) electrons. The molecule has 0 spiro atoms. The van der Waals surface area contributed by atoms with Gasteiger partial charge in [0.25, 0.3) is 5.91 Å². The number of anilines is 1. The van der Waals surface area contributed by atoms with Crippen LogP contribution in [0, 0.1) is 0 Å². The number of carbonyl (C=O) groups excluding carboxylic acids is 1. The molecule has 0 aliphatic carbocycles. The Morgan fingerprint density at radius 2 is 1.95 bits per heavy atom. The molecule has 20 heavy (non-hydrogen) atoms. The van der Waals surface area contributed by atoms with Gasteiger partial charge in [0.05, 0.1) is 6.20 Å². The maximum Gasteiger partial charge on any atom is 0.274 e. The van der Waals surface area contributed by atoms with E-state index in [1.165, 1.54) is 12.4 Å². The molecular weight excluding hydrogens is 256 g/mol. The lowest BCUT2D eigenvalue weighted by Gasteiger charge is -2.34. The van der Waals surface area contributed by atoms with Crippen molar-refractivity contribution in [1.82, 2.24) is 25.1 Å². The molecule has 0 bridgehead atoms. The maximum atomic E-state index is 12.2. The summed E-state index contributed by atoms with van der Waals surface area (Å²) in [4.78, 5) is 24.1. The van der Waals surface area contributed by atoms with Gasteiger partial charge in [0, 0.05) is 44.8 Å². The van der Waals surface area contributed by atoms with Crippen LogP contribution in [-0.2, 0) is 0 Å². The quantitative estimate of drug-likeness (QED) is 0.777. The Morgan fingerprint density at radius 3 is 2.60 bits per heavy atom. The van der Waals surface area contributed by atoms with Gasteiger partial charge in [0.1, 0.15) is 5.69 Å². The van der Waals surface area contributed by atoms with E-state index in [9.17, 15) is 4.79 Å². The number of hydrogen-bond acceptors (Lipinski definition) is 6. The minimum atomic E-state index is -0.0723. The van der Waals surface area contributed by atoms with Gasteiger partial charge in [-0.05, 0) is 12.1 Å². The highest BCUT2D eigenvalue weighted by Crippen LogP contribution is 2.12. The Labute approximate surface area is 116 Å². The molecule has 0 saturated carbocycles. The largest absolute Gasteiger partial charge is 0.352 e. The molecule has 1 amide bonds. The van der Waals surface area contributed by atoms with E-state index >= 15 is 0 Å². The van der Waals surface area contributed by atoms with E-state index in [0.29, 0.717) is 18.8 Å². The topological polar surface area (TPSA) is 75.1 Å². The van der Waals surface area contributed by atoms with Crippen LogP contribution in [0.15, 0.2) is 36.9 Å². The molecule has 0 N–H and O–H groups in total. The molecule has 0 aromatic carbocycles. The molecule has 3 heterocycles. The zero-order valence-electron chi connectivity index (χ0n) is 10.9. The summed E-state index contributed by atoms with van der Waals surface area (Å²) in [5.41, 5.74) is 0.389. The molecule has 1 fully saturated rings. The van der Waals surface area contributed by atoms with E-state index in [1.54, 1.807) is 17.3 Å². The van der Waals surface area contributed by atoms with Gasteiger partial charge in [0.2, 0.25) is 0 Å². The second-order valence-corrected chi connectivity index (χ2v) is 4.45. The van der Waals surface area contributed by atoms with Crippen LogP contribution in [-0.4, -0.2) is 57.2 Å². The lowest BCUT2D eigenvalue weighted by molar-refractivity contribution is 0.0740. The average molecular weight is 270 g/mol. The first-order valence-corrected chi connectivity index (χ1v) is 6.42. The Bertz CT molecular complexity index is 568. The Morgan fingerprint density at radius 1 is 1.10 bits per heavy atom. The molecule has 1 saturated heterocycles. The fourth-order valence-corrected chi connectivity index (χ4v) is 2.17. The van der Waals surface area contributed by atoms with Crippen LogP contribution in [0.2, 0.25) is 0 Å². The smallest absolute Gasteiger partial charge is 0.274 e. The Kier molecular flexibility index (Phi) is 3.49. The van der Waals surface area contributed by atoms with E-state index in [-0.39, 0.29) is 5.91 Å². The number of rotatable bonds is 2. The normalized spacial score (nSPS) is 15.2. The van der Waals surface area contributed by atoms with Gasteiger partial charge in [-0.1, -0.05) is 0 Å². The number of amides is 1. The van der Waals surface area contributed by atoms with Crippen molar-refractivity contribution < 1.29 is 4.79 Å². The van der Waals surface area contributed by atoms with Crippen molar-refractivity contribution in [1.29, 1.82) is 0 Å². The highest BCUT2D eigenvalue weighted by Gasteiger charge is 2.23. The predicted octanol–water partition coefficient (Wildman–Crippen LogP) is 0.229. The van der Waals surface area contributed by atoms with Crippen LogP contribution in [0.25, 0.3) is 0 Å². The molecule has 2 aromatic rings. The van der Waals surface area contributed by atoms with Crippen molar-refractivity contribution in [2.45, 2.75) is 0 Å². The monoisotopic (exact) mass is 270 g/mol. The number of hydrogen-bond donors (Lipinski definition) is 0. The summed E-state index contributed by atoms with van der Waals surface area (Å²) in [5, 5.41) is 7.95. The Hall–Kier alpha value is -2.57. The van der Waals surface area contributed by atoms with Crippen molar-refractivity contribution in [3.63, 3.8) is 0 Å². The van der Waals surface area contributed by atoms with Crippen molar-refractivity contribution in [3.8, 4) is 0 Å². The molecule has 0 atom stereocenters. The highest BCUT2D eigenvalue weighted by atomic mass is 16.2. The van der Waals surface area contributed by atoms with Crippen molar-refractivity contribution in [2.75, 3.05) is 31.1 Å². The lowest BCUT2D eigenvalue weighted by atomic mass is 10.2. The van der Waals surface area contributed by atoms with Gasteiger partial charge in [-0.2, -0.15) is 5.10 Å². The molecule has 2 aromatic heterocycles. The second-order valence-electron chi connectivity index (χ2n) is 4.45. The van der Waals surface area contributed by atoms with Crippen LogP contribution < -0.4 is 4.90 Å². The second kappa shape index (κ2) is 5.60. The third-order valence-electron chi connectivity index (χ3n) is 3.23. The fraction of sp³-hybridized carbons (Fsp3) is 0.308. The third kappa shape index (κ3) is 2.56. The van der Waals surface area contributed by atoms with Crippen LogP contribution in [0.1, 0.15) is 10.5 Å². The van der Waals surface area contributed by atoms with E-state index in [2.05, 4.69) is 25.1 Å². The summed E-state index contributed by atoms with van der Waals surface area (Å²) in [6.45, 7) is 2.77. The van der Waals surface area contributed by atoms with Crippen molar-refractivity contribution >= 4 is 11.7 Å². The number of carbonyl (C=O) groups is 1. The molecule has 7 nitrogen and oxygen atoms in total. The summed E-state index contributed by atoms with van der Waals surface area (Å²) < 4.78 is 0. The van der Waals surface area contributed by atoms with Gasteiger partial charge in [-0.15, -0.1) is 5.10 Å². The maximum absolute atomic E-state index is 12.2. The summed E-state index contributed by atoms with van der Waals surface area (Å²) >= 11 is 0. The van der Waals surface area contributed by atoms with Crippen LogP contribution in [0.5, 0.6) is 0 Å². The SMILES string of the molecule is O=C(c1cnccn1)N1CCN(c2cccnn2)CC1. The molecule has 1 aliphatic heterocycles. The summed E-state index contributed by atoms with van der Waals surface area (Å²) in [5.74, 6) is 0.774. The molecule has 102 valence electrons. The molecule has 7 heteroatoms. The highest BCUT2D eigenvalue weighted by molar-refractivity contribution is 5.92. The number of aromatic nitrogens is 4. The number of piperazine rings is 1. The van der Waals surface area contributed by atoms with Gasteiger partial charge >= 0.3 is 0 Å². The van der Waals surface area contributed by atoms with Gasteiger partial charge in [-0.25, -0.2) is 4.98 Å². The first-order valence-electron chi connectivity index (χ1n) is 6.42. The average Bonchev–Trinajstić information content (AvgIpc) is 2.56. The Balaban J connectivity index is 1.63. The van der Waals surface area contributed by atoms with E-state index < -0.39 is 0 Å². The zero-order valence-corrected chi connectivity index (χ0v) is 10.9. The third-order valence-corrected chi connectivity index (χ3v) is 3.23. The summed E-state index contributed by atoms with van der Waals surface area (Å²) in [6.07, 6.45) is 6.24. The molecule has 0 unspecified atom stereocenters. The minimum Gasteiger partial charge on any atom is -0.352 e. The summed E-state index contributed by atoms with van der Waals surface area (Å²) in [6, 6.07) is 3.78. The van der Waals surface area contributed by atoms with Crippen LogP contribution >= 0.6 is 0 Å². The van der Waals surface area contributed by atoms with Crippen LogP contribution in [0.4, 0.5) is 5.82 Å². The zero-order chi connectivity index (χ0) is 13.8. The first-order chi connectivity index (χ1) is 9.84. The lowest BCUT2D eigenvalue weighted by Crippen LogP contribution is -2.49. The molecule has 1 aliphatic rings. The predicted molar refractivity (Wildman–Crippen MR) is 72.2 cm³/mol. The van der Waals surface area contributed by atoms with Crippen LogP contribution in [0.3, 0.4) is 0 Å². The molecule has 3 rings (SSSR count). The van der Waals surface area contributed by atoms with Gasteiger partial charge in [-0.3, -0.25) is 9.78 Å². The minimum absolute atomic E-state index is 0.0723. The first kappa shape index (κ1) is 12.5. The van der Waals surface area contributed by atoms with Gasteiger partial charge < -0.3 is 9.80 Å².